The van der Waals surface area contributed by atoms with E-state index in [4.69, 9.17) is 16.3 Å². The van der Waals surface area contributed by atoms with E-state index in [1.54, 1.807) is 12.6 Å². The molecule has 0 bridgehead atoms. The molecule has 0 saturated carbocycles. The number of allylic oxidation sites excluding steroid dienone is 1. The fourth-order valence-electron chi connectivity index (χ4n) is 1.81. The van der Waals surface area contributed by atoms with Crippen molar-refractivity contribution < 1.29 is 4.74 Å². The number of hydrogen-bond acceptors (Lipinski definition) is 1. The summed E-state index contributed by atoms with van der Waals surface area (Å²) in [5.74, 6) is 0.906. The number of ether oxygens (including phenoxy) is 1. The molecule has 0 spiro atoms. The van der Waals surface area contributed by atoms with Crippen LogP contribution in [0.2, 0.25) is 0 Å². The van der Waals surface area contributed by atoms with Crippen molar-refractivity contribution in [1.29, 1.82) is 0 Å². The zero-order valence-corrected chi connectivity index (χ0v) is 10.2. The highest BCUT2D eigenvalue weighted by atomic mass is 35.5. The maximum atomic E-state index is 5.68. The maximum absolute atomic E-state index is 5.68. The van der Waals surface area contributed by atoms with Gasteiger partial charge < -0.3 is 9.30 Å². The molecule has 0 radical (unpaired) electrons. The molecule has 2 nitrogen and oxygen atoms in total. The first kappa shape index (κ1) is 11.1. The molecule has 0 aliphatic heterocycles. The van der Waals surface area contributed by atoms with Crippen LogP contribution in [-0.4, -0.2) is 11.7 Å². The maximum Gasteiger partial charge on any atom is 0.128 e. The second-order valence-corrected chi connectivity index (χ2v) is 4.01. The zero-order valence-electron chi connectivity index (χ0n) is 9.40. The van der Waals surface area contributed by atoms with Crippen LogP contribution in [0.5, 0.6) is 5.75 Å². The molecule has 84 valence electrons. The molecule has 0 aliphatic rings. The summed E-state index contributed by atoms with van der Waals surface area (Å²) in [5, 5.41) is 1.13. The fraction of sp³-hybridized carbons (Fsp3) is 0.231. The first-order valence-corrected chi connectivity index (χ1v) is 5.57. The first-order chi connectivity index (χ1) is 7.76. The van der Waals surface area contributed by atoms with Gasteiger partial charge in [-0.15, -0.1) is 0 Å². The van der Waals surface area contributed by atoms with Crippen LogP contribution in [0.3, 0.4) is 0 Å². The van der Waals surface area contributed by atoms with Gasteiger partial charge in [-0.25, -0.2) is 0 Å². The van der Waals surface area contributed by atoms with Gasteiger partial charge in [0.2, 0.25) is 0 Å². The number of halogens is 1. The van der Waals surface area contributed by atoms with E-state index in [0.717, 1.165) is 28.8 Å². The Balaban J connectivity index is 2.49. The number of benzene rings is 1. The van der Waals surface area contributed by atoms with Gasteiger partial charge in [-0.3, -0.25) is 0 Å². The molecule has 0 fully saturated rings. The fourth-order valence-corrected chi connectivity index (χ4v) is 1.88. The monoisotopic (exact) mass is 235 g/mol. The van der Waals surface area contributed by atoms with E-state index in [9.17, 15) is 0 Å². The third-order valence-corrected chi connectivity index (χ3v) is 2.97. The Labute approximate surface area is 100 Å². The van der Waals surface area contributed by atoms with Crippen molar-refractivity contribution in [2.45, 2.75) is 13.5 Å². The van der Waals surface area contributed by atoms with E-state index in [0.29, 0.717) is 0 Å². The molecule has 0 atom stereocenters. The molecule has 0 unspecified atom stereocenters. The van der Waals surface area contributed by atoms with Gasteiger partial charge in [-0.2, -0.15) is 0 Å². The summed E-state index contributed by atoms with van der Waals surface area (Å²) in [5.41, 5.74) is 3.91. The molecule has 1 heterocycles. The van der Waals surface area contributed by atoms with E-state index >= 15 is 0 Å². The summed E-state index contributed by atoms with van der Waals surface area (Å²) in [6, 6.07) is 8.11. The van der Waals surface area contributed by atoms with Crippen LogP contribution in [0.15, 0.2) is 41.6 Å². The van der Waals surface area contributed by atoms with Gasteiger partial charge in [0.15, 0.2) is 0 Å². The summed E-state index contributed by atoms with van der Waals surface area (Å²) in [6.45, 7) is 2.82. The second kappa shape index (κ2) is 4.62. The minimum absolute atomic E-state index is 0.806. The highest BCUT2D eigenvalue weighted by molar-refractivity contribution is 6.25. The number of fused-ring (bicyclic) bond motifs is 1. The van der Waals surface area contributed by atoms with Crippen molar-refractivity contribution in [2.24, 2.45) is 0 Å². The number of aromatic nitrogens is 1. The lowest BCUT2D eigenvalue weighted by atomic mass is 10.2. The average Bonchev–Trinajstić information content (AvgIpc) is 2.72. The van der Waals surface area contributed by atoms with Crippen LogP contribution < -0.4 is 4.74 Å². The third kappa shape index (κ3) is 1.93. The smallest absolute Gasteiger partial charge is 0.128 e. The standard InChI is InChI=1S/C13H14ClNO/c1-10(8-14)9-15-7-6-11-12(15)4-3-5-13(11)16-2/h3-8H,9H2,1-2H3/b10-8+. The highest BCUT2D eigenvalue weighted by Crippen LogP contribution is 2.26. The summed E-state index contributed by atoms with van der Waals surface area (Å²) in [6.07, 6.45) is 2.05. The Morgan fingerprint density at radius 2 is 2.25 bits per heavy atom. The van der Waals surface area contributed by atoms with Gasteiger partial charge >= 0.3 is 0 Å². The molecule has 1 aromatic heterocycles. The lowest BCUT2D eigenvalue weighted by Gasteiger charge is -2.06. The quantitative estimate of drug-likeness (QED) is 0.790. The zero-order chi connectivity index (χ0) is 11.5. The van der Waals surface area contributed by atoms with Gasteiger partial charge in [0.1, 0.15) is 5.75 Å². The Bertz CT molecular complexity index is 528. The summed E-state index contributed by atoms with van der Waals surface area (Å²) in [7, 11) is 1.69. The molecule has 0 saturated heterocycles. The second-order valence-electron chi connectivity index (χ2n) is 3.79. The molecular formula is C13H14ClNO. The van der Waals surface area contributed by atoms with Gasteiger partial charge in [0.05, 0.1) is 12.6 Å². The molecule has 0 N–H and O–H groups in total. The minimum Gasteiger partial charge on any atom is -0.496 e. The molecule has 2 rings (SSSR count). The lowest BCUT2D eigenvalue weighted by Crippen LogP contribution is -1.96. The third-order valence-electron chi connectivity index (χ3n) is 2.60. The topological polar surface area (TPSA) is 14.2 Å². The molecule has 3 heteroatoms. The van der Waals surface area contributed by atoms with E-state index in [1.807, 2.05) is 19.1 Å². The van der Waals surface area contributed by atoms with Crippen LogP contribution in [0.25, 0.3) is 10.9 Å². The van der Waals surface area contributed by atoms with Crippen LogP contribution in [0.1, 0.15) is 6.92 Å². The van der Waals surface area contributed by atoms with Crippen LogP contribution in [0, 0.1) is 0 Å². The normalized spacial score (nSPS) is 12.1. The van der Waals surface area contributed by atoms with E-state index < -0.39 is 0 Å². The van der Waals surface area contributed by atoms with Crippen molar-refractivity contribution in [3.8, 4) is 5.75 Å². The van der Waals surface area contributed by atoms with E-state index in [2.05, 4.69) is 22.9 Å². The predicted molar refractivity (Wildman–Crippen MR) is 68.1 cm³/mol. The summed E-state index contributed by atoms with van der Waals surface area (Å²) in [4.78, 5) is 0. The van der Waals surface area contributed by atoms with Gasteiger partial charge in [-0.05, 0) is 30.7 Å². The SMILES string of the molecule is COc1cccc2c1ccn2C/C(C)=C/Cl. The molecular weight excluding hydrogens is 222 g/mol. The van der Waals surface area contributed by atoms with Gasteiger partial charge in [-0.1, -0.05) is 17.7 Å². The van der Waals surface area contributed by atoms with Crippen LogP contribution in [0.4, 0.5) is 0 Å². The molecule has 0 aliphatic carbocycles. The number of hydrogen-bond donors (Lipinski definition) is 0. The van der Waals surface area contributed by atoms with Crippen molar-refractivity contribution >= 4 is 22.5 Å². The van der Waals surface area contributed by atoms with E-state index in [1.165, 1.54) is 0 Å². The predicted octanol–water partition coefficient (Wildman–Crippen LogP) is 3.79. The Morgan fingerprint density at radius 1 is 1.44 bits per heavy atom. The van der Waals surface area contributed by atoms with Crippen molar-refractivity contribution in [3.63, 3.8) is 0 Å². The van der Waals surface area contributed by atoms with Crippen LogP contribution in [-0.2, 0) is 6.54 Å². The van der Waals surface area contributed by atoms with Crippen LogP contribution >= 0.6 is 11.6 Å². The molecule has 0 amide bonds. The van der Waals surface area contributed by atoms with Gasteiger partial charge in [0.25, 0.3) is 0 Å². The number of methoxy groups -OCH3 is 1. The Hall–Kier alpha value is -1.41. The van der Waals surface area contributed by atoms with Crippen molar-refractivity contribution in [2.75, 3.05) is 7.11 Å². The van der Waals surface area contributed by atoms with E-state index in [-0.39, 0.29) is 0 Å². The molecule has 1 aromatic carbocycles. The molecule has 16 heavy (non-hydrogen) atoms. The number of nitrogens with zero attached hydrogens (tertiary/aromatic N) is 1. The largest absolute Gasteiger partial charge is 0.496 e. The van der Waals surface area contributed by atoms with Crippen molar-refractivity contribution in [3.05, 3.63) is 41.6 Å². The minimum atomic E-state index is 0.806. The summed E-state index contributed by atoms with van der Waals surface area (Å²) < 4.78 is 7.48. The molecule has 2 aromatic rings. The van der Waals surface area contributed by atoms with Gasteiger partial charge in [0, 0.05) is 23.7 Å². The van der Waals surface area contributed by atoms with Crippen molar-refractivity contribution in [1.82, 2.24) is 4.57 Å². The Morgan fingerprint density at radius 3 is 2.94 bits per heavy atom. The Kier molecular flexibility index (Phi) is 3.20. The highest BCUT2D eigenvalue weighted by Gasteiger charge is 2.05. The average molecular weight is 236 g/mol. The first-order valence-electron chi connectivity index (χ1n) is 5.14. The summed E-state index contributed by atoms with van der Waals surface area (Å²) >= 11 is 5.68. The number of rotatable bonds is 3. The lowest BCUT2D eigenvalue weighted by molar-refractivity contribution is 0.420.